The molecule has 22 heavy (non-hydrogen) atoms. The lowest BCUT2D eigenvalue weighted by atomic mass is 10.2. The highest BCUT2D eigenvalue weighted by molar-refractivity contribution is 7.11. The molecular weight excluding hydrogens is 296 g/mol. The van der Waals surface area contributed by atoms with Gasteiger partial charge in [-0.25, -0.2) is 9.67 Å². The van der Waals surface area contributed by atoms with Gasteiger partial charge in [0.15, 0.2) is 0 Å². The Labute approximate surface area is 132 Å². The number of aryl methyl sites for hydroxylation is 1. The summed E-state index contributed by atoms with van der Waals surface area (Å²) in [5, 5.41) is 6.98. The maximum atomic E-state index is 12.4. The van der Waals surface area contributed by atoms with Crippen molar-refractivity contribution in [3.63, 3.8) is 0 Å². The zero-order valence-electron chi connectivity index (χ0n) is 12.7. The van der Waals surface area contributed by atoms with E-state index in [-0.39, 0.29) is 5.56 Å². The quantitative estimate of drug-likeness (QED) is 0.726. The molecule has 0 saturated carbocycles. The highest BCUT2D eigenvalue weighted by atomic mass is 32.1. The van der Waals surface area contributed by atoms with Crippen molar-refractivity contribution in [2.24, 2.45) is 0 Å². The molecule has 0 atom stereocenters. The standard InChI is InChI=1S/C16H18N4OS/c1-3-15-17-9-13(22-15)10-19(2)11-20-16(21)14-7-5-4-6-12(14)8-18-20/h4-9H,3,10-11H2,1-2H3. The Hall–Kier alpha value is -2.05. The molecular formula is C16H18N4OS. The second-order valence-corrected chi connectivity index (χ2v) is 6.47. The Bertz CT molecular complexity index is 839. The summed E-state index contributed by atoms with van der Waals surface area (Å²) in [5.74, 6) is 0. The Morgan fingerprint density at radius 2 is 2.09 bits per heavy atom. The maximum absolute atomic E-state index is 12.4. The van der Waals surface area contributed by atoms with Gasteiger partial charge in [0, 0.05) is 23.0 Å². The Morgan fingerprint density at radius 1 is 1.27 bits per heavy atom. The predicted octanol–water partition coefficient (Wildman–Crippen LogP) is 2.50. The van der Waals surface area contributed by atoms with Gasteiger partial charge in [-0.1, -0.05) is 25.1 Å². The first kappa shape index (κ1) is 14.9. The molecule has 2 heterocycles. The van der Waals surface area contributed by atoms with Crippen LogP contribution in [0.2, 0.25) is 0 Å². The number of nitrogens with zero attached hydrogens (tertiary/aromatic N) is 4. The molecule has 0 N–H and O–H groups in total. The molecule has 0 aliphatic carbocycles. The minimum absolute atomic E-state index is 0.0523. The van der Waals surface area contributed by atoms with Gasteiger partial charge in [-0.15, -0.1) is 11.3 Å². The normalized spacial score (nSPS) is 11.4. The molecule has 2 aromatic heterocycles. The first-order valence-electron chi connectivity index (χ1n) is 7.24. The van der Waals surface area contributed by atoms with Crippen LogP contribution >= 0.6 is 11.3 Å². The summed E-state index contributed by atoms with van der Waals surface area (Å²) in [6.45, 7) is 3.33. The number of aromatic nitrogens is 3. The van der Waals surface area contributed by atoms with Gasteiger partial charge < -0.3 is 0 Å². The van der Waals surface area contributed by atoms with Crippen molar-refractivity contribution in [3.05, 3.63) is 56.9 Å². The lowest BCUT2D eigenvalue weighted by molar-refractivity contribution is 0.243. The number of thiazole rings is 1. The van der Waals surface area contributed by atoms with E-state index in [0.717, 1.165) is 23.4 Å². The number of benzene rings is 1. The van der Waals surface area contributed by atoms with E-state index in [2.05, 4.69) is 21.9 Å². The fourth-order valence-electron chi connectivity index (χ4n) is 2.36. The van der Waals surface area contributed by atoms with Crippen molar-refractivity contribution in [1.29, 1.82) is 0 Å². The highest BCUT2D eigenvalue weighted by Crippen LogP contribution is 2.15. The Kier molecular flexibility index (Phi) is 4.31. The minimum atomic E-state index is -0.0523. The largest absolute Gasteiger partial charge is 0.282 e. The second-order valence-electron chi connectivity index (χ2n) is 5.27. The van der Waals surface area contributed by atoms with Gasteiger partial charge >= 0.3 is 0 Å². The van der Waals surface area contributed by atoms with E-state index < -0.39 is 0 Å². The van der Waals surface area contributed by atoms with Crippen LogP contribution in [0.1, 0.15) is 16.8 Å². The van der Waals surface area contributed by atoms with Crippen LogP contribution in [-0.4, -0.2) is 26.7 Å². The van der Waals surface area contributed by atoms with Crippen molar-refractivity contribution < 1.29 is 0 Å². The molecule has 0 aliphatic rings. The summed E-state index contributed by atoms with van der Waals surface area (Å²) in [6.07, 6.45) is 4.61. The molecule has 5 nitrogen and oxygen atoms in total. The molecule has 3 aromatic rings. The molecule has 0 bridgehead atoms. The van der Waals surface area contributed by atoms with Crippen molar-refractivity contribution >= 4 is 22.1 Å². The van der Waals surface area contributed by atoms with Crippen LogP contribution in [0.3, 0.4) is 0 Å². The van der Waals surface area contributed by atoms with Gasteiger partial charge in [-0.2, -0.15) is 5.10 Å². The van der Waals surface area contributed by atoms with E-state index in [1.165, 1.54) is 9.56 Å². The third-order valence-electron chi connectivity index (χ3n) is 3.47. The van der Waals surface area contributed by atoms with Gasteiger partial charge in [-0.05, 0) is 19.5 Å². The fraction of sp³-hybridized carbons (Fsp3) is 0.312. The monoisotopic (exact) mass is 314 g/mol. The Morgan fingerprint density at radius 3 is 2.86 bits per heavy atom. The second kappa shape index (κ2) is 6.37. The van der Waals surface area contributed by atoms with Crippen molar-refractivity contribution in [2.75, 3.05) is 7.05 Å². The first-order valence-corrected chi connectivity index (χ1v) is 8.06. The Balaban J connectivity index is 1.77. The minimum Gasteiger partial charge on any atom is -0.282 e. The summed E-state index contributed by atoms with van der Waals surface area (Å²) >= 11 is 1.72. The number of hydrogen-bond acceptors (Lipinski definition) is 5. The van der Waals surface area contributed by atoms with Crippen LogP contribution in [0.15, 0.2) is 41.5 Å². The van der Waals surface area contributed by atoms with E-state index in [1.54, 1.807) is 17.5 Å². The van der Waals surface area contributed by atoms with Gasteiger partial charge in [0.2, 0.25) is 0 Å². The van der Waals surface area contributed by atoms with Crippen LogP contribution < -0.4 is 5.56 Å². The smallest absolute Gasteiger partial charge is 0.275 e. The van der Waals surface area contributed by atoms with Gasteiger partial charge in [0.25, 0.3) is 5.56 Å². The molecule has 0 aliphatic heterocycles. The summed E-state index contributed by atoms with van der Waals surface area (Å²) in [7, 11) is 1.98. The van der Waals surface area contributed by atoms with Crippen molar-refractivity contribution in [3.8, 4) is 0 Å². The summed E-state index contributed by atoms with van der Waals surface area (Å²) in [5.41, 5.74) is -0.0523. The zero-order valence-corrected chi connectivity index (χ0v) is 13.5. The predicted molar refractivity (Wildman–Crippen MR) is 89.0 cm³/mol. The van der Waals surface area contributed by atoms with E-state index >= 15 is 0 Å². The number of hydrogen-bond donors (Lipinski definition) is 0. The molecule has 0 radical (unpaired) electrons. The van der Waals surface area contributed by atoms with E-state index in [9.17, 15) is 4.79 Å². The number of rotatable bonds is 5. The SMILES string of the molecule is CCc1ncc(CN(C)Cn2ncc3ccccc3c2=O)s1. The summed E-state index contributed by atoms with van der Waals surface area (Å²) < 4.78 is 1.50. The topological polar surface area (TPSA) is 51.0 Å². The average Bonchev–Trinajstić information content (AvgIpc) is 2.98. The van der Waals surface area contributed by atoms with Crippen LogP contribution in [0.5, 0.6) is 0 Å². The molecule has 6 heteroatoms. The van der Waals surface area contributed by atoms with E-state index in [4.69, 9.17) is 0 Å². The molecule has 0 spiro atoms. The molecule has 0 unspecified atom stereocenters. The molecule has 0 fully saturated rings. The molecule has 1 aromatic carbocycles. The van der Waals surface area contributed by atoms with Gasteiger partial charge in [0.1, 0.15) is 0 Å². The third-order valence-corrected chi connectivity index (χ3v) is 4.59. The third kappa shape index (κ3) is 3.08. The lowest BCUT2D eigenvalue weighted by Crippen LogP contribution is -2.31. The van der Waals surface area contributed by atoms with Crippen LogP contribution in [0.25, 0.3) is 10.8 Å². The van der Waals surface area contributed by atoms with Crippen LogP contribution in [0, 0.1) is 0 Å². The first-order chi connectivity index (χ1) is 10.7. The fourth-order valence-corrected chi connectivity index (χ4v) is 3.30. The van der Waals surface area contributed by atoms with Gasteiger partial charge in [0.05, 0.1) is 23.3 Å². The molecule has 114 valence electrons. The van der Waals surface area contributed by atoms with E-state index in [0.29, 0.717) is 12.1 Å². The molecule has 0 amide bonds. The summed E-state index contributed by atoms with van der Waals surface area (Å²) in [4.78, 5) is 20.1. The molecule has 3 rings (SSSR count). The van der Waals surface area contributed by atoms with Crippen molar-refractivity contribution in [2.45, 2.75) is 26.6 Å². The number of fused-ring (bicyclic) bond motifs is 1. The van der Waals surface area contributed by atoms with Crippen LogP contribution in [-0.2, 0) is 19.6 Å². The van der Waals surface area contributed by atoms with Gasteiger partial charge in [-0.3, -0.25) is 9.69 Å². The van der Waals surface area contributed by atoms with E-state index in [1.807, 2.05) is 37.5 Å². The van der Waals surface area contributed by atoms with Crippen molar-refractivity contribution in [1.82, 2.24) is 19.7 Å². The highest BCUT2D eigenvalue weighted by Gasteiger charge is 2.08. The lowest BCUT2D eigenvalue weighted by Gasteiger charge is -2.16. The average molecular weight is 314 g/mol. The van der Waals surface area contributed by atoms with Crippen LogP contribution in [0.4, 0.5) is 0 Å². The maximum Gasteiger partial charge on any atom is 0.275 e. The summed E-state index contributed by atoms with van der Waals surface area (Å²) in [6, 6.07) is 7.53. The zero-order chi connectivity index (χ0) is 15.5. The molecule has 0 saturated heterocycles.